The van der Waals surface area contributed by atoms with Crippen molar-refractivity contribution in [2.45, 2.75) is 12.6 Å². The minimum Gasteiger partial charge on any atom is -0.361 e. The van der Waals surface area contributed by atoms with Gasteiger partial charge in [-0.3, -0.25) is 0 Å². The second-order valence-electron chi connectivity index (χ2n) is 4.81. The molecule has 3 aromatic rings. The minimum absolute atomic E-state index is 0.301. The SMILES string of the molecule is c1ccc(C2NCc3cccc4[nH]cc2c34)cc1. The monoisotopic (exact) mass is 234 g/mol. The highest BCUT2D eigenvalue weighted by Gasteiger charge is 2.23. The van der Waals surface area contributed by atoms with Crippen molar-refractivity contribution in [1.29, 1.82) is 0 Å². The third-order valence-corrected chi connectivity index (χ3v) is 3.76. The summed E-state index contributed by atoms with van der Waals surface area (Å²) in [6.45, 7) is 0.932. The maximum Gasteiger partial charge on any atom is 0.0600 e. The summed E-state index contributed by atoms with van der Waals surface area (Å²) < 4.78 is 0. The second-order valence-corrected chi connectivity index (χ2v) is 4.81. The van der Waals surface area contributed by atoms with Crippen LogP contribution in [0.2, 0.25) is 0 Å². The Morgan fingerprint density at radius 1 is 0.944 bits per heavy atom. The van der Waals surface area contributed by atoms with Crippen LogP contribution in [0.25, 0.3) is 10.9 Å². The largest absolute Gasteiger partial charge is 0.361 e. The van der Waals surface area contributed by atoms with Gasteiger partial charge in [0.2, 0.25) is 0 Å². The molecule has 4 rings (SSSR count). The number of nitrogens with one attached hydrogen (secondary N) is 2. The average molecular weight is 234 g/mol. The quantitative estimate of drug-likeness (QED) is 0.664. The average Bonchev–Trinajstić information content (AvgIpc) is 2.87. The molecule has 0 radical (unpaired) electrons. The number of benzene rings is 2. The molecular weight excluding hydrogens is 220 g/mol. The van der Waals surface area contributed by atoms with Gasteiger partial charge in [-0.2, -0.15) is 0 Å². The molecule has 2 aromatic carbocycles. The predicted molar refractivity (Wildman–Crippen MR) is 73.4 cm³/mol. The van der Waals surface area contributed by atoms with Crippen LogP contribution >= 0.6 is 0 Å². The van der Waals surface area contributed by atoms with E-state index >= 15 is 0 Å². The Hall–Kier alpha value is -2.06. The van der Waals surface area contributed by atoms with Crippen LogP contribution in [-0.4, -0.2) is 4.98 Å². The molecule has 0 amide bonds. The molecule has 2 N–H and O–H groups in total. The van der Waals surface area contributed by atoms with Crippen molar-refractivity contribution >= 4 is 10.9 Å². The summed E-state index contributed by atoms with van der Waals surface area (Å²) in [5, 5.41) is 5.01. The highest BCUT2D eigenvalue weighted by molar-refractivity contribution is 5.88. The van der Waals surface area contributed by atoms with Crippen molar-refractivity contribution in [3.8, 4) is 0 Å². The van der Waals surface area contributed by atoms with Gasteiger partial charge in [0.05, 0.1) is 6.04 Å². The number of hydrogen-bond acceptors (Lipinski definition) is 1. The molecule has 1 aliphatic rings. The molecule has 2 heterocycles. The molecule has 2 nitrogen and oxygen atoms in total. The molecule has 0 spiro atoms. The van der Waals surface area contributed by atoms with Gasteiger partial charge < -0.3 is 10.3 Å². The highest BCUT2D eigenvalue weighted by Crippen LogP contribution is 2.34. The molecule has 0 fully saturated rings. The Kier molecular flexibility index (Phi) is 2.05. The van der Waals surface area contributed by atoms with Crippen LogP contribution in [0.4, 0.5) is 0 Å². The molecule has 2 heteroatoms. The van der Waals surface area contributed by atoms with E-state index in [4.69, 9.17) is 0 Å². The molecule has 1 aromatic heterocycles. The van der Waals surface area contributed by atoms with Crippen molar-refractivity contribution in [1.82, 2.24) is 10.3 Å². The van der Waals surface area contributed by atoms with Gasteiger partial charge in [0, 0.05) is 23.6 Å². The summed E-state index contributed by atoms with van der Waals surface area (Å²) in [6.07, 6.45) is 2.14. The van der Waals surface area contributed by atoms with E-state index in [-0.39, 0.29) is 0 Å². The van der Waals surface area contributed by atoms with E-state index in [0.717, 1.165) is 6.54 Å². The van der Waals surface area contributed by atoms with Gasteiger partial charge in [0.25, 0.3) is 0 Å². The van der Waals surface area contributed by atoms with Gasteiger partial charge in [-0.25, -0.2) is 0 Å². The van der Waals surface area contributed by atoms with Crippen LogP contribution in [0.1, 0.15) is 22.7 Å². The fraction of sp³-hybridized carbons (Fsp3) is 0.125. The summed E-state index contributed by atoms with van der Waals surface area (Å²) in [7, 11) is 0. The third kappa shape index (κ3) is 1.33. The first-order valence-corrected chi connectivity index (χ1v) is 6.31. The second kappa shape index (κ2) is 3.72. The molecule has 0 saturated carbocycles. The first-order chi connectivity index (χ1) is 8.93. The lowest BCUT2D eigenvalue weighted by molar-refractivity contribution is 0.597. The lowest BCUT2D eigenvalue weighted by atomic mass is 9.92. The van der Waals surface area contributed by atoms with Crippen LogP contribution in [0.3, 0.4) is 0 Å². The van der Waals surface area contributed by atoms with Crippen LogP contribution in [0, 0.1) is 0 Å². The first-order valence-electron chi connectivity index (χ1n) is 6.31. The van der Waals surface area contributed by atoms with E-state index < -0.39 is 0 Å². The first kappa shape index (κ1) is 9.92. The fourth-order valence-corrected chi connectivity index (χ4v) is 2.93. The fourth-order valence-electron chi connectivity index (χ4n) is 2.93. The summed E-state index contributed by atoms with van der Waals surface area (Å²) in [5.41, 5.74) is 5.31. The third-order valence-electron chi connectivity index (χ3n) is 3.76. The Morgan fingerprint density at radius 2 is 1.83 bits per heavy atom. The molecule has 1 aliphatic heterocycles. The van der Waals surface area contributed by atoms with Gasteiger partial charge >= 0.3 is 0 Å². The van der Waals surface area contributed by atoms with Crippen molar-refractivity contribution in [3.63, 3.8) is 0 Å². The lowest BCUT2D eigenvalue weighted by Crippen LogP contribution is -2.25. The topological polar surface area (TPSA) is 27.8 Å². The minimum atomic E-state index is 0.301. The van der Waals surface area contributed by atoms with Crippen LogP contribution < -0.4 is 5.32 Å². The molecule has 0 bridgehead atoms. The van der Waals surface area contributed by atoms with Crippen molar-refractivity contribution in [3.05, 3.63) is 71.4 Å². The van der Waals surface area contributed by atoms with Crippen molar-refractivity contribution < 1.29 is 0 Å². The molecule has 18 heavy (non-hydrogen) atoms. The van der Waals surface area contributed by atoms with E-state index in [0.29, 0.717) is 6.04 Å². The summed E-state index contributed by atoms with van der Waals surface area (Å²) >= 11 is 0. The maximum absolute atomic E-state index is 3.62. The predicted octanol–water partition coefficient (Wildman–Crippen LogP) is 3.36. The van der Waals surface area contributed by atoms with Crippen LogP contribution in [-0.2, 0) is 6.54 Å². The van der Waals surface area contributed by atoms with E-state index in [9.17, 15) is 0 Å². The van der Waals surface area contributed by atoms with Gasteiger partial charge in [-0.05, 0) is 22.8 Å². The number of aromatic amines is 1. The van der Waals surface area contributed by atoms with Crippen molar-refractivity contribution in [2.24, 2.45) is 0 Å². The zero-order chi connectivity index (χ0) is 11.9. The van der Waals surface area contributed by atoms with E-state index in [1.165, 1.54) is 27.6 Å². The lowest BCUT2D eigenvalue weighted by Gasteiger charge is -2.24. The Balaban J connectivity index is 1.94. The standard InChI is InChI=1S/C16H14N2/c1-2-5-11(6-3-1)16-13-10-17-14-8-4-7-12(9-18-16)15(13)14/h1-8,10,16-18H,9H2. The summed E-state index contributed by atoms with van der Waals surface area (Å²) in [6, 6.07) is 17.4. The molecule has 88 valence electrons. The summed E-state index contributed by atoms with van der Waals surface area (Å²) in [5.74, 6) is 0. The zero-order valence-corrected chi connectivity index (χ0v) is 9.98. The number of rotatable bonds is 1. The normalized spacial score (nSPS) is 18.1. The Bertz CT molecular complexity index is 697. The Morgan fingerprint density at radius 3 is 2.72 bits per heavy atom. The Labute approximate surface area is 106 Å². The maximum atomic E-state index is 3.62. The van der Waals surface area contributed by atoms with E-state index in [1.807, 2.05) is 0 Å². The molecule has 1 unspecified atom stereocenters. The van der Waals surface area contributed by atoms with E-state index in [1.54, 1.807) is 0 Å². The van der Waals surface area contributed by atoms with Gasteiger partial charge in [0.15, 0.2) is 0 Å². The number of H-pyrrole nitrogens is 1. The van der Waals surface area contributed by atoms with E-state index in [2.05, 4.69) is 65.0 Å². The van der Waals surface area contributed by atoms with Gasteiger partial charge in [0.1, 0.15) is 0 Å². The molecular formula is C16H14N2. The number of hydrogen-bond donors (Lipinski definition) is 2. The highest BCUT2D eigenvalue weighted by atomic mass is 14.9. The zero-order valence-electron chi connectivity index (χ0n) is 9.98. The molecule has 0 saturated heterocycles. The smallest absolute Gasteiger partial charge is 0.0600 e. The van der Waals surface area contributed by atoms with Crippen molar-refractivity contribution in [2.75, 3.05) is 0 Å². The van der Waals surface area contributed by atoms with Crippen LogP contribution in [0.15, 0.2) is 54.7 Å². The van der Waals surface area contributed by atoms with Crippen LogP contribution in [0.5, 0.6) is 0 Å². The number of aromatic nitrogens is 1. The van der Waals surface area contributed by atoms with Gasteiger partial charge in [-0.15, -0.1) is 0 Å². The molecule has 1 atom stereocenters. The van der Waals surface area contributed by atoms with Gasteiger partial charge in [-0.1, -0.05) is 42.5 Å². The summed E-state index contributed by atoms with van der Waals surface area (Å²) in [4.78, 5) is 3.38. The molecule has 0 aliphatic carbocycles.